The minimum atomic E-state index is -0.223. The molecule has 0 saturated carbocycles. The molecule has 0 aliphatic carbocycles. The first kappa shape index (κ1) is 13.5. The molecule has 1 N–H and O–H groups in total. The minimum Gasteiger partial charge on any atom is -0.496 e. The van der Waals surface area contributed by atoms with E-state index in [0.29, 0.717) is 6.54 Å². The molecule has 1 aromatic heterocycles. The SMILES string of the molecule is COc1ccc(Br)cc1CN(C)C(=O)c1ncn[nH]1. The van der Waals surface area contributed by atoms with E-state index in [4.69, 9.17) is 4.74 Å². The van der Waals surface area contributed by atoms with Gasteiger partial charge in [0, 0.05) is 23.6 Å². The van der Waals surface area contributed by atoms with Crippen molar-refractivity contribution in [2.75, 3.05) is 14.2 Å². The first-order valence-corrected chi connectivity index (χ1v) is 6.34. The van der Waals surface area contributed by atoms with Crippen molar-refractivity contribution in [2.45, 2.75) is 6.54 Å². The van der Waals surface area contributed by atoms with Crippen LogP contribution >= 0.6 is 15.9 Å². The quantitative estimate of drug-likeness (QED) is 0.931. The summed E-state index contributed by atoms with van der Waals surface area (Å²) in [4.78, 5) is 17.4. The molecule has 6 nitrogen and oxygen atoms in total. The van der Waals surface area contributed by atoms with Crippen molar-refractivity contribution in [1.82, 2.24) is 20.1 Å². The fraction of sp³-hybridized carbons (Fsp3) is 0.250. The minimum absolute atomic E-state index is 0.219. The number of carbonyl (C=O) groups is 1. The standard InChI is InChI=1S/C12H13BrN4O2/c1-17(12(18)11-14-7-15-16-11)6-8-5-9(13)3-4-10(8)19-2/h3-5,7H,6H2,1-2H3,(H,14,15,16). The van der Waals surface area contributed by atoms with Crippen LogP contribution in [0.3, 0.4) is 0 Å². The third-order valence-corrected chi connectivity index (χ3v) is 3.11. The van der Waals surface area contributed by atoms with Gasteiger partial charge >= 0.3 is 0 Å². The van der Waals surface area contributed by atoms with Crippen molar-refractivity contribution in [1.29, 1.82) is 0 Å². The highest BCUT2D eigenvalue weighted by Gasteiger charge is 2.16. The van der Waals surface area contributed by atoms with Gasteiger partial charge in [0.05, 0.1) is 7.11 Å². The molecule has 2 aromatic rings. The van der Waals surface area contributed by atoms with Crippen molar-refractivity contribution < 1.29 is 9.53 Å². The van der Waals surface area contributed by atoms with Crippen molar-refractivity contribution in [3.63, 3.8) is 0 Å². The Morgan fingerprint density at radius 3 is 2.95 bits per heavy atom. The average molecular weight is 325 g/mol. The number of ether oxygens (including phenoxy) is 1. The topological polar surface area (TPSA) is 71.1 Å². The second-order valence-corrected chi connectivity index (χ2v) is 4.87. The maximum atomic E-state index is 12.0. The van der Waals surface area contributed by atoms with Gasteiger partial charge in [0.2, 0.25) is 5.82 Å². The van der Waals surface area contributed by atoms with Crippen molar-refractivity contribution in [2.24, 2.45) is 0 Å². The molecule has 1 heterocycles. The van der Waals surface area contributed by atoms with Gasteiger partial charge in [-0.15, -0.1) is 0 Å². The zero-order valence-electron chi connectivity index (χ0n) is 10.6. The number of methoxy groups -OCH3 is 1. The Labute approximate surface area is 118 Å². The number of amides is 1. The van der Waals surface area contributed by atoms with E-state index in [1.54, 1.807) is 19.1 Å². The first-order valence-electron chi connectivity index (χ1n) is 5.55. The number of nitrogens with zero attached hydrogens (tertiary/aromatic N) is 3. The Balaban J connectivity index is 2.17. The van der Waals surface area contributed by atoms with Crippen molar-refractivity contribution >= 4 is 21.8 Å². The van der Waals surface area contributed by atoms with Crippen LogP contribution in [-0.4, -0.2) is 40.1 Å². The molecule has 19 heavy (non-hydrogen) atoms. The number of H-pyrrole nitrogens is 1. The van der Waals surface area contributed by atoms with Crippen LogP contribution in [0.4, 0.5) is 0 Å². The number of nitrogens with one attached hydrogen (secondary N) is 1. The molecule has 0 saturated heterocycles. The van der Waals surface area contributed by atoms with Gasteiger partial charge < -0.3 is 9.64 Å². The molecule has 0 radical (unpaired) electrons. The largest absolute Gasteiger partial charge is 0.496 e. The number of hydrogen-bond acceptors (Lipinski definition) is 4. The predicted molar refractivity (Wildman–Crippen MR) is 72.9 cm³/mol. The lowest BCUT2D eigenvalue weighted by Crippen LogP contribution is -2.27. The molecular weight excluding hydrogens is 312 g/mol. The third-order valence-electron chi connectivity index (χ3n) is 2.61. The smallest absolute Gasteiger partial charge is 0.291 e. The predicted octanol–water partition coefficient (Wildman–Crippen LogP) is 1.85. The lowest BCUT2D eigenvalue weighted by molar-refractivity contribution is 0.0772. The van der Waals surface area contributed by atoms with E-state index in [1.807, 2.05) is 18.2 Å². The molecular formula is C12H13BrN4O2. The molecule has 0 unspecified atom stereocenters. The number of aromatic amines is 1. The molecule has 100 valence electrons. The molecule has 0 fully saturated rings. The van der Waals surface area contributed by atoms with E-state index in [2.05, 4.69) is 31.1 Å². The summed E-state index contributed by atoms with van der Waals surface area (Å²) in [5, 5.41) is 6.22. The third kappa shape index (κ3) is 3.11. The summed E-state index contributed by atoms with van der Waals surface area (Å²) in [5.41, 5.74) is 0.909. The van der Waals surface area contributed by atoms with Crippen LogP contribution in [0.2, 0.25) is 0 Å². The fourth-order valence-corrected chi connectivity index (χ4v) is 2.10. The Kier molecular flexibility index (Phi) is 4.16. The summed E-state index contributed by atoms with van der Waals surface area (Å²) >= 11 is 3.40. The van der Waals surface area contributed by atoms with Crippen LogP contribution in [0.1, 0.15) is 16.2 Å². The molecule has 2 rings (SSSR count). The van der Waals surface area contributed by atoms with E-state index in [0.717, 1.165) is 15.8 Å². The van der Waals surface area contributed by atoms with E-state index >= 15 is 0 Å². The molecule has 0 spiro atoms. The number of aromatic nitrogens is 3. The van der Waals surface area contributed by atoms with Crippen LogP contribution in [0.25, 0.3) is 0 Å². The summed E-state index contributed by atoms with van der Waals surface area (Å²) in [6.07, 6.45) is 1.31. The fourth-order valence-electron chi connectivity index (χ4n) is 1.69. The summed E-state index contributed by atoms with van der Waals surface area (Å²) in [7, 11) is 3.30. The Hall–Kier alpha value is -1.89. The Morgan fingerprint density at radius 1 is 1.53 bits per heavy atom. The molecule has 1 aromatic carbocycles. The maximum absolute atomic E-state index is 12.0. The summed E-state index contributed by atoms with van der Waals surface area (Å²) in [6, 6.07) is 5.66. The maximum Gasteiger partial charge on any atom is 0.291 e. The number of rotatable bonds is 4. The number of hydrogen-bond donors (Lipinski definition) is 1. The first-order chi connectivity index (χ1) is 9.11. The molecule has 0 bridgehead atoms. The van der Waals surface area contributed by atoms with Crippen LogP contribution in [0.15, 0.2) is 29.0 Å². The summed E-state index contributed by atoms with van der Waals surface area (Å²) in [5.74, 6) is 0.733. The van der Waals surface area contributed by atoms with Gasteiger partial charge in [-0.25, -0.2) is 4.98 Å². The van der Waals surface area contributed by atoms with Crippen LogP contribution in [0.5, 0.6) is 5.75 Å². The normalized spacial score (nSPS) is 10.3. The monoisotopic (exact) mass is 324 g/mol. The average Bonchev–Trinajstić information content (AvgIpc) is 2.92. The van der Waals surface area contributed by atoms with Gasteiger partial charge in [-0.05, 0) is 18.2 Å². The Morgan fingerprint density at radius 2 is 2.32 bits per heavy atom. The number of benzene rings is 1. The molecule has 0 aliphatic rings. The highest BCUT2D eigenvalue weighted by atomic mass is 79.9. The van der Waals surface area contributed by atoms with Gasteiger partial charge in [0.1, 0.15) is 12.1 Å². The molecule has 0 aliphatic heterocycles. The number of carbonyl (C=O) groups excluding carboxylic acids is 1. The van der Waals surface area contributed by atoms with Crippen LogP contribution in [0, 0.1) is 0 Å². The van der Waals surface area contributed by atoms with Gasteiger partial charge in [0.25, 0.3) is 5.91 Å². The van der Waals surface area contributed by atoms with Gasteiger partial charge in [0.15, 0.2) is 0 Å². The molecule has 7 heteroatoms. The highest BCUT2D eigenvalue weighted by molar-refractivity contribution is 9.10. The summed E-state index contributed by atoms with van der Waals surface area (Å²) in [6.45, 7) is 0.419. The highest BCUT2D eigenvalue weighted by Crippen LogP contribution is 2.24. The van der Waals surface area contributed by atoms with Gasteiger partial charge in [-0.1, -0.05) is 15.9 Å². The van der Waals surface area contributed by atoms with E-state index < -0.39 is 0 Å². The van der Waals surface area contributed by atoms with Crippen molar-refractivity contribution in [3.05, 3.63) is 40.4 Å². The molecule has 1 amide bonds. The van der Waals surface area contributed by atoms with E-state index in [-0.39, 0.29) is 11.7 Å². The van der Waals surface area contributed by atoms with Crippen LogP contribution < -0.4 is 4.74 Å². The van der Waals surface area contributed by atoms with Crippen molar-refractivity contribution in [3.8, 4) is 5.75 Å². The number of halogens is 1. The molecule has 0 atom stereocenters. The van der Waals surface area contributed by atoms with Crippen LogP contribution in [-0.2, 0) is 6.54 Å². The van der Waals surface area contributed by atoms with Gasteiger partial charge in [-0.3, -0.25) is 9.89 Å². The van der Waals surface area contributed by atoms with Gasteiger partial charge in [-0.2, -0.15) is 5.10 Å². The van der Waals surface area contributed by atoms with E-state index in [1.165, 1.54) is 6.33 Å². The zero-order chi connectivity index (χ0) is 13.8. The lowest BCUT2D eigenvalue weighted by atomic mass is 10.2. The van der Waals surface area contributed by atoms with E-state index in [9.17, 15) is 4.79 Å². The Bertz CT molecular complexity index is 571. The zero-order valence-corrected chi connectivity index (χ0v) is 12.1. The summed E-state index contributed by atoms with van der Waals surface area (Å²) < 4.78 is 6.21. The second kappa shape index (κ2) is 5.83. The lowest BCUT2D eigenvalue weighted by Gasteiger charge is -2.17. The second-order valence-electron chi connectivity index (χ2n) is 3.95.